The lowest BCUT2D eigenvalue weighted by Crippen LogP contribution is -2.25. The first-order valence-electron chi connectivity index (χ1n) is 11.1. The van der Waals surface area contributed by atoms with Crippen LogP contribution in [0.25, 0.3) is 0 Å². The zero-order chi connectivity index (χ0) is 23.4. The Kier molecular flexibility index (Phi) is 8.07. The number of aliphatic hydroxyl groups is 2. The van der Waals surface area contributed by atoms with Gasteiger partial charge in [-0.1, -0.05) is 77.8 Å². The van der Waals surface area contributed by atoms with Crippen molar-refractivity contribution in [1.29, 1.82) is 0 Å². The first kappa shape index (κ1) is 25.1. The normalized spacial score (nSPS) is 13.2. The fraction of sp³-hybridized carbons (Fsp3) is 0.519. The zero-order valence-electron chi connectivity index (χ0n) is 20.1. The summed E-state index contributed by atoms with van der Waals surface area (Å²) < 4.78 is 5.61. The van der Waals surface area contributed by atoms with Crippen LogP contribution < -0.4 is 4.74 Å². The Morgan fingerprint density at radius 1 is 0.968 bits per heavy atom. The largest absolute Gasteiger partial charge is 0.422 e. The molecule has 2 rings (SSSR count). The number of carbonyl (C=O) groups is 1. The summed E-state index contributed by atoms with van der Waals surface area (Å²) in [6.45, 7) is 14.9. The molecule has 2 aromatic rings. The highest BCUT2D eigenvalue weighted by Crippen LogP contribution is 2.44. The molecule has 0 amide bonds. The van der Waals surface area contributed by atoms with Crippen molar-refractivity contribution in [3.8, 4) is 5.75 Å². The third-order valence-corrected chi connectivity index (χ3v) is 6.23. The minimum Gasteiger partial charge on any atom is -0.422 e. The lowest BCUT2D eigenvalue weighted by atomic mass is 9.68. The predicted molar refractivity (Wildman–Crippen MR) is 125 cm³/mol. The van der Waals surface area contributed by atoms with Crippen molar-refractivity contribution >= 4 is 5.97 Å². The molecule has 2 aromatic carbocycles. The Balaban J connectivity index is 2.30. The lowest BCUT2D eigenvalue weighted by molar-refractivity contribution is 0.0727. The third-order valence-electron chi connectivity index (χ3n) is 6.23. The molecule has 2 N–H and O–H groups in total. The summed E-state index contributed by atoms with van der Waals surface area (Å²) >= 11 is 0. The van der Waals surface area contributed by atoms with Gasteiger partial charge in [-0.3, -0.25) is 0 Å². The van der Waals surface area contributed by atoms with Gasteiger partial charge in [0.1, 0.15) is 5.75 Å². The summed E-state index contributed by atoms with van der Waals surface area (Å²) in [5, 5.41) is 19.3. The van der Waals surface area contributed by atoms with E-state index in [0.717, 1.165) is 18.4 Å². The molecule has 0 aliphatic heterocycles. The van der Waals surface area contributed by atoms with Gasteiger partial charge in [-0.15, -0.1) is 0 Å². The van der Waals surface area contributed by atoms with Gasteiger partial charge in [0.15, 0.2) is 0 Å². The van der Waals surface area contributed by atoms with Crippen LogP contribution in [0.3, 0.4) is 0 Å². The van der Waals surface area contributed by atoms with Gasteiger partial charge in [-0.2, -0.15) is 0 Å². The van der Waals surface area contributed by atoms with Crippen molar-refractivity contribution in [1.82, 2.24) is 0 Å². The lowest BCUT2D eigenvalue weighted by Gasteiger charge is -2.37. The first-order valence-corrected chi connectivity index (χ1v) is 11.1. The van der Waals surface area contributed by atoms with Crippen molar-refractivity contribution < 1.29 is 19.7 Å². The van der Waals surface area contributed by atoms with Crippen LogP contribution in [0.2, 0.25) is 0 Å². The molecule has 1 unspecified atom stereocenters. The minimum atomic E-state index is -0.499. The standard InChI is InChI=1S/C27H38O4/c1-8-27(6,7)15-23(26(3,4)5)19-9-11-20(12-10-19)25(30)31-24-21(16-28)13-18(2)14-22(24)17-29/h9-14,23,28-29H,8,15-17H2,1-7H3. The van der Waals surface area contributed by atoms with E-state index >= 15 is 0 Å². The fourth-order valence-corrected chi connectivity index (χ4v) is 3.92. The monoisotopic (exact) mass is 426 g/mol. The van der Waals surface area contributed by atoms with E-state index in [-0.39, 0.29) is 29.8 Å². The van der Waals surface area contributed by atoms with Crippen LogP contribution in [-0.4, -0.2) is 16.2 Å². The molecule has 0 fully saturated rings. The van der Waals surface area contributed by atoms with Crippen LogP contribution in [0, 0.1) is 17.8 Å². The predicted octanol–water partition coefficient (Wildman–Crippen LogP) is 6.15. The van der Waals surface area contributed by atoms with Crippen LogP contribution in [0.5, 0.6) is 5.75 Å². The average Bonchev–Trinajstić information content (AvgIpc) is 2.72. The number of aliphatic hydroxyl groups excluding tert-OH is 2. The third kappa shape index (κ3) is 6.41. The van der Waals surface area contributed by atoms with Gasteiger partial charge < -0.3 is 14.9 Å². The van der Waals surface area contributed by atoms with Crippen LogP contribution in [0.15, 0.2) is 36.4 Å². The van der Waals surface area contributed by atoms with Crippen molar-refractivity contribution in [3.63, 3.8) is 0 Å². The molecular weight excluding hydrogens is 388 g/mol. The number of esters is 1. The van der Waals surface area contributed by atoms with Gasteiger partial charge in [0.2, 0.25) is 0 Å². The molecule has 4 heteroatoms. The number of hydrogen-bond acceptors (Lipinski definition) is 4. The Labute approximate surface area is 187 Å². The highest BCUT2D eigenvalue weighted by molar-refractivity contribution is 5.91. The van der Waals surface area contributed by atoms with Crippen LogP contribution in [-0.2, 0) is 13.2 Å². The highest BCUT2D eigenvalue weighted by atomic mass is 16.5. The maximum absolute atomic E-state index is 12.8. The summed E-state index contributed by atoms with van der Waals surface area (Å²) in [6, 6.07) is 11.2. The van der Waals surface area contributed by atoms with Crippen LogP contribution >= 0.6 is 0 Å². The van der Waals surface area contributed by atoms with Gasteiger partial charge in [0.05, 0.1) is 18.8 Å². The molecule has 31 heavy (non-hydrogen) atoms. The van der Waals surface area contributed by atoms with Crippen LogP contribution in [0.4, 0.5) is 0 Å². The first-order chi connectivity index (χ1) is 14.4. The molecule has 1 atom stereocenters. The maximum atomic E-state index is 12.8. The topological polar surface area (TPSA) is 66.8 Å². The number of carbonyl (C=O) groups excluding carboxylic acids is 1. The molecule has 0 aliphatic carbocycles. The second-order valence-corrected chi connectivity index (χ2v) is 10.4. The Morgan fingerprint density at radius 2 is 1.48 bits per heavy atom. The number of benzene rings is 2. The fourth-order valence-electron chi connectivity index (χ4n) is 3.92. The number of ether oxygens (including phenoxy) is 1. The summed E-state index contributed by atoms with van der Waals surface area (Å²) in [7, 11) is 0. The Morgan fingerprint density at radius 3 is 1.90 bits per heavy atom. The van der Waals surface area contributed by atoms with Gasteiger partial charge in [0.25, 0.3) is 0 Å². The van der Waals surface area contributed by atoms with E-state index in [4.69, 9.17) is 4.74 Å². The van der Waals surface area contributed by atoms with Gasteiger partial charge in [-0.25, -0.2) is 4.79 Å². The molecule has 0 bridgehead atoms. The second kappa shape index (κ2) is 9.97. The van der Waals surface area contributed by atoms with E-state index in [1.807, 2.05) is 19.1 Å². The van der Waals surface area contributed by atoms with Crippen molar-refractivity contribution in [3.05, 3.63) is 64.2 Å². The molecule has 0 spiro atoms. The Hall–Kier alpha value is -2.17. The summed E-state index contributed by atoms with van der Waals surface area (Å²) in [4.78, 5) is 12.8. The molecule has 0 saturated heterocycles. The summed E-state index contributed by atoms with van der Waals surface area (Å²) in [5.74, 6) is 0.106. The Bertz CT molecular complexity index is 863. The quantitative estimate of drug-likeness (QED) is 0.392. The van der Waals surface area contributed by atoms with Crippen molar-refractivity contribution in [2.45, 2.75) is 80.4 Å². The smallest absolute Gasteiger partial charge is 0.343 e. The molecule has 0 radical (unpaired) electrons. The average molecular weight is 427 g/mol. The highest BCUT2D eigenvalue weighted by Gasteiger charge is 2.31. The molecule has 4 nitrogen and oxygen atoms in total. The molecular formula is C27H38O4. The molecule has 0 aromatic heterocycles. The zero-order valence-corrected chi connectivity index (χ0v) is 20.1. The van der Waals surface area contributed by atoms with E-state index in [9.17, 15) is 15.0 Å². The number of rotatable bonds is 8. The van der Waals surface area contributed by atoms with E-state index in [1.165, 1.54) is 5.56 Å². The van der Waals surface area contributed by atoms with E-state index < -0.39 is 5.97 Å². The van der Waals surface area contributed by atoms with Gasteiger partial charge in [-0.05, 0) is 47.8 Å². The number of hydrogen-bond donors (Lipinski definition) is 2. The van der Waals surface area contributed by atoms with E-state index in [2.05, 4.69) is 41.5 Å². The van der Waals surface area contributed by atoms with Crippen molar-refractivity contribution in [2.24, 2.45) is 10.8 Å². The van der Waals surface area contributed by atoms with Gasteiger partial charge >= 0.3 is 5.97 Å². The molecule has 0 saturated carbocycles. The molecule has 0 aliphatic rings. The van der Waals surface area contributed by atoms with E-state index in [0.29, 0.717) is 22.6 Å². The molecule has 170 valence electrons. The second-order valence-electron chi connectivity index (χ2n) is 10.4. The van der Waals surface area contributed by atoms with Crippen molar-refractivity contribution in [2.75, 3.05) is 0 Å². The minimum absolute atomic E-state index is 0.0996. The van der Waals surface area contributed by atoms with E-state index in [1.54, 1.807) is 24.3 Å². The summed E-state index contributed by atoms with van der Waals surface area (Å²) in [6.07, 6.45) is 2.18. The SMILES string of the molecule is CCC(C)(C)CC(c1ccc(C(=O)Oc2c(CO)cc(C)cc2CO)cc1)C(C)(C)C. The van der Waals surface area contributed by atoms with Gasteiger partial charge in [0, 0.05) is 11.1 Å². The molecule has 0 heterocycles. The van der Waals surface area contributed by atoms with Crippen LogP contribution in [0.1, 0.15) is 92.9 Å². The maximum Gasteiger partial charge on any atom is 0.343 e. The number of aryl methyl sites for hydroxylation is 1. The summed E-state index contributed by atoms with van der Waals surface area (Å²) in [5.41, 5.74) is 3.87.